The summed E-state index contributed by atoms with van der Waals surface area (Å²) in [6, 6.07) is 7.94. The summed E-state index contributed by atoms with van der Waals surface area (Å²) in [5, 5.41) is 25.2. The number of amides is 1. The van der Waals surface area contributed by atoms with Crippen LogP contribution in [0.3, 0.4) is 0 Å². The molecule has 138 valence electrons. The summed E-state index contributed by atoms with van der Waals surface area (Å²) < 4.78 is 2.53. The highest BCUT2D eigenvalue weighted by Crippen LogP contribution is 2.44. The Morgan fingerprint density at radius 1 is 1.38 bits per heavy atom. The molecule has 1 amide bonds. The number of halogens is 1. The fourth-order valence-electron chi connectivity index (χ4n) is 3.25. The molecular weight excluding hydrogens is 396 g/mol. The minimum Gasteiger partial charge on any atom is -0.389 e. The van der Waals surface area contributed by atoms with Gasteiger partial charge in [0.2, 0.25) is 0 Å². The highest BCUT2D eigenvalue weighted by Gasteiger charge is 2.43. The molecule has 26 heavy (non-hydrogen) atoms. The SMILES string of the molecule is CC(C)(O)Cn1cc(C(=O)NC(=N)C2(c3ccc(Br)cc3)CCC2)cn1. The number of hydrogen-bond acceptors (Lipinski definition) is 4. The molecule has 1 aliphatic rings. The van der Waals surface area contributed by atoms with Crippen molar-refractivity contribution in [3.63, 3.8) is 0 Å². The molecule has 1 fully saturated rings. The maximum atomic E-state index is 12.5. The van der Waals surface area contributed by atoms with Crippen molar-refractivity contribution >= 4 is 27.7 Å². The van der Waals surface area contributed by atoms with Crippen LogP contribution in [0.25, 0.3) is 0 Å². The molecule has 1 heterocycles. The minimum atomic E-state index is -0.913. The second-order valence-electron chi connectivity index (χ2n) is 7.51. The third-order valence-electron chi connectivity index (χ3n) is 4.77. The van der Waals surface area contributed by atoms with Crippen LogP contribution < -0.4 is 5.32 Å². The molecule has 0 saturated heterocycles. The van der Waals surface area contributed by atoms with Crippen LogP contribution in [-0.4, -0.2) is 32.2 Å². The lowest BCUT2D eigenvalue weighted by atomic mass is 9.63. The minimum absolute atomic E-state index is 0.228. The van der Waals surface area contributed by atoms with Crippen molar-refractivity contribution in [2.24, 2.45) is 0 Å². The molecule has 1 aromatic carbocycles. The Hall–Kier alpha value is -1.99. The Kier molecular flexibility index (Phi) is 5.03. The van der Waals surface area contributed by atoms with E-state index in [2.05, 4.69) is 26.3 Å². The molecule has 0 spiro atoms. The van der Waals surface area contributed by atoms with Crippen LogP contribution >= 0.6 is 15.9 Å². The smallest absolute Gasteiger partial charge is 0.259 e. The van der Waals surface area contributed by atoms with Crippen molar-refractivity contribution in [3.05, 3.63) is 52.3 Å². The zero-order chi connectivity index (χ0) is 18.9. The van der Waals surface area contributed by atoms with Gasteiger partial charge in [-0.05, 0) is 44.4 Å². The predicted octanol–water partition coefficient (Wildman–Crippen LogP) is 3.25. The lowest BCUT2D eigenvalue weighted by Gasteiger charge is -2.42. The van der Waals surface area contributed by atoms with E-state index in [0.29, 0.717) is 12.1 Å². The number of nitrogens with one attached hydrogen (secondary N) is 2. The number of aliphatic hydroxyl groups is 1. The maximum absolute atomic E-state index is 12.5. The van der Waals surface area contributed by atoms with Gasteiger partial charge >= 0.3 is 0 Å². The Morgan fingerprint density at radius 2 is 2.04 bits per heavy atom. The third kappa shape index (κ3) is 3.88. The van der Waals surface area contributed by atoms with E-state index in [4.69, 9.17) is 5.41 Å². The number of carbonyl (C=O) groups excluding carboxylic acids is 1. The summed E-state index contributed by atoms with van der Waals surface area (Å²) in [7, 11) is 0. The maximum Gasteiger partial charge on any atom is 0.259 e. The lowest BCUT2D eigenvalue weighted by Crippen LogP contribution is -2.50. The van der Waals surface area contributed by atoms with Crippen LogP contribution in [0.2, 0.25) is 0 Å². The van der Waals surface area contributed by atoms with Crippen molar-refractivity contribution < 1.29 is 9.90 Å². The molecule has 2 aromatic rings. The molecule has 7 heteroatoms. The van der Waals surface area contributed by atoms with Gasteiger partial charge < -0.3 is 10.4 Å². The lowest BCUT2D eigenvalue weighted by molar-refractivity contribution is 0.0576. The van der Waals surface area contributed by atoms with Gasteiger partial charge in [-0.1, -0.05) is 34.5 Å². The van der Waals surface area contributed by atoms with Crippen LogP contribution in [0.4, 0.5) is 0 Å². The zero-order valence-corrected chi connectivity index (χ0v) is 16.5. The molecule has 0 unspecified atom stereocenters. The Bertz CT molecular complexity index is 817. The Balaban J connectivity index is 1.72. The summed E-state index contributed by atoms with van der Waals surface area (Å²) >= 11 is 3.43. The van der Waals surface area contributed by atoms with Gasteiger partial charge in [-0.3, -0.25) is 14.9 Å². The number of rotatable bonds is 5. The van der Waals surface area contributed by atoms with Gasteiger partial charge in [0, 0.05) is 10.7 Å². The summed E-state index contributed by atoms with van der Waals surface area (Å²) in [5.41, 5.74) is 0.1000. The van der Waals surface area contributed by atoms with E-state index in [1.165, 1.54) is 10.9 Å². The number of carbonyl (C=O) groups is 1. The molecule has 1 saturated carbocycles. The van der Waals surface area contributed by atoms with E-state index in [-0.39, 0.29) is 11.7 Å². The first kappa shape index (κ1) is 18.8. The highest BCUT2D eigenvalue weighted by molar-refractivity contribution is 9.10. The number of aromatic nitrogens is 2. The normalized spacial score (nSPS) is 16.0. The quantitative estimate of drug-likeness (QED) is 0.513. The van der Waals surface area contributed by atoms with E-state index in [1.807, 2.05) is 24.3 Å². The van der Waals surface area contributed by atoms with Gasteiger partial charge in [0.25, 0.3) is 5.91 Å². The molecule has 1 aromatic heterocycles. The molecule has 0 aliphatic heterocycles. The number of nitrogens with zero attached hydrogens (tertiary/aromatic N) is 2. The molecule has 0 bridgehead atoms. The van der Waals surface area contributed by atoms with Crippen molar-refractivity contribution in [3.8, 4) is 0 Å². The summed E-state index contributed by atoms with van der Waals surface area (Å²) in [6.45, 7) is 3.66. The van der Waals surface area contributed by atoms with Gasteiger partial charge in [-0.15, -0.1) is 0 Å². The second-order valence-corrected chi connectivity index (χ2v) is 8.43. The van der Waals surface area contributed by atoms with Crippen LogP contribution in [0, 0.1) is 5.41 Å². The molecule has 1 aliphatic carbocycles. The predicted molar refractivity (Wildman–Crippen MR) is 103 cm³/mol. The fourth-order valence-corrected chi connectivity index (χ4v) is 3.52. The Labute approximate surface area is 161 Å². The molecular formula is C19H23BrN4O2. The van der Waals surface area contributed by atoms with E-state index in [9.17, 15) is 9.90 Å². The zero-order valence-electron chi connectivity index (χ0n) is 14.9. The average Bonchev–Trinajstić information content (AvgIpc) is 2.94. The standard InChI is InChI=1S/C19H23BrN4O2/c1-18(2,26)12-24-11-13(10-22-24)16(25)23-17(21)19(8-3-9-19)14-4-6-15(20)7-5-14/h4-7,10-11,26H,3,8-9,12H2,1-2H3,(H2,21,23,25). The van der Waals surface area contributed by atoms with Crippen molar-refractivity contribution in [1.82, 2.24) is 15.1 Å². The summed E-state index contributed by atoms with van der Waals surface area (Å²) in [6.07, 6.45) is 5.80. The summed E-state index contributed by atoms with van der Waals surface area (Å²) in [4.78, 5) is 12.5. The van der Waals surface area contributed by atoms with E-state index in [1.54, 1.807) is 20.0 Å². The first-order valence-corrected chi connectivity index (χ1v) is 9.40. The number of amidine groups is 1. The molecule has 6 nitrogen and oxygen atoms in total. The fraction of sp³-hybridized carbons (Fsp3) is 0.421. The molecule has 0 radical (unpaired) electrons. The monoisotopic (exact) mass is 418 g/mol. The topological polar surface area (TPSA) is 91.0 Å². The van der Waals surface area contributed by atoms with E-state index >= 15 is 0 Å². The Morgan fingerprint density at radius 3 is 2.58 bits per heavy atom. The van der Waals surface area contributed by atoms with Gasteiger partial charge in [0.15, 0.2) is 0 Å². The van der Waals surface area contributed by atoms with Gasteiger partial charge in [-0.2, -0.15) is 5.10 Å². The summed E-state index contributed by atoms with van der Waals surface area (Å²) in [5.74, 6) is -0.119. The number of benzene rings is 1. The largest absolute Gasteiger partial charge is 0.389 e. The van der Waals surface area contributed by atoms with E-state index < -0.39 is 11.0 Å². The highest BCUT2D eigenvalue weighted by atomic mass is 79.9. The van der Waals surface area contributed by atoms with E-state index in [0.717, 1.165) is 29.3 Å². The van der Waals surface area contributed by atoms with Crippen LogP contribution in [0.15, 0.2) is 41.1 Å². The third-order valence-corrected chi connectivity index (χ3v) is 5.29. The molecule has 3 rings (SSSR count). The van der Waals surface area contributed by atoms with Gasteiger partial charge in [0.05, 0.1) is 29.3 Å². The van der Waals surface area contributed by atoms with Crippen LogP contribution in [0.5, 0.6) is 0 Å². The number of hydrogen-bond donors (Lipinski definition) is 3. The van der Waals surface area contributed by atoms with Crippen molar-refractivity contribution in [2.45, 2.75) is 50.7 Å². The van der Waals surface area contributed by atoms with Crippen LogP contribution in [-0.2, 0) is 12.0 Å². The van der Waals surface area contributed by atoms with Crippen molar-refractivity contribution in [2.75, 3.05) is 0 Å². The first-order chi connectivity index (χ1) is 12.2. The van der Waals surface area contributed by atoms with Crippen LogP contribution in [0.1, 0.15) is 49.0 Å². The average molecular weight is 419 g/mol. The van der Waals surface area contributed by atoms with Gasteiger partial charge in [-0.25, -0.2) is 0 Å². The first-order valence-electron chi connectivity index (χ1n) is 8.61. The van der Waals surface area contributed by atoms with Gasteiger partial charge in [0.1, 0.15) is 5.84 Å². The second kappa shape index (κ2) is 6.96. The molecule has 3 N–H and O–H groups in total. The molecule has 0 atom stereocenters. The van der Waals surface area contributed by atoms with Crippen molar-refractivity contribution in [1.29, 1.82) is 5.41 Å².